The maximum atomic E-state index is 11.2. The number of hydrogen-bond donors (Lipinski definition) is 0. The Labute approximate surface area is 123 Å². The minimum atomic E-state index is -0.342. The molecule has 4 atom stereocenters. The molecule has 0 aromatic heterocycles. The van der Waals surface area contributed by atoms with Crippen LogP contribution >= 0.6 is 11.8 Å². The molecule has 0 aliphatic carbocycles. The van der Waals surface area contributed by atoms with Gasteiger partial charge in [0.05, 0.1) is 12.2 Å². The third-order valence-electron chi connectivity index (χ3n) is 3.24. The van der Waals surface area contributed by atoms with Gasteiger partial charge in [-0.2, -0.15) is 0 Å². The summed E-state index contributed by atoms with van der Waals surface area (Å²) in [7, 11) is 1.64. The molecule has 0 saturated carbocycles. The van der Waals surface area contributed by atoms with Crippen LogP contribution in [0.15, 0.2) is 35.2 Å². The molecule has 1 aromatic rings. The first-order valence-electron chi connectivity index (χ1n) is 6.67. The molecule has 0 bridgehead atoms. The van der Waals surface area contributed by atoms with Crippen LogP contribution in [0.4, 0.5) is 0 Å². The van der Waals surface area contributed by atoms with Crippen molar-refractivity contribution in [2.75, 3.05) is 7.11 Å². The van der Waals surface area contributed by atoms with Crippen LogP contribution in [-0.4, -0.2) is 36.8 Å². The maximum Gasteiger partial charge on any atom is 0.303 e. The third-order valence-corrected chi connectivity index (χ3v) is 4.35. The van der Waals surface area contributed by atoms with Crippen LogP contribution in [0.2, 0.25) is 0 Å². The SMILES string of the molecule is CO[C@H]1C[C@H](Sc2ccccc2)O[C@@H](C)[C@H]1OC(C)=O. The van der Waals surface area contributed by atoms with Gasteiger partial charge in [-0.25, -0.2) is 0 Å². The van der Waals surface area contributed by atoms with Gasteiger partial charge in [0.25, 0.3) is 0 Å². The van der Waals surface area contributed by atoms with Crippen molar-refractivity contribution in [1.82, 2.24) is 0 Å². The second-order valence-electron chi connectivity index (χ2n) is 4.79. The number of methoxy groups -OCH3 is 1. The lowest BCUT2D eigenvalue weighted by atomic mass is 10.0. The Kier molecular flexibility index (Phi) is 5.46. The van der Waals surface area contributed by atoms with Crippen LogP contribution in [0.1, 0.15) is 20.3 Å². The highest BCUT2D eigenvalue weighted by atomic mass is 32.2. The van der Waals surface area contributed by atoms with Crippen LogP contribution in [0.3, 0.4) is 0 Å². The Bertz CT molecular complexity index is 437. The van der Waals surface area contributed by atoms with Crippen molar-refractivity contribution in [3.8, 4) is 0 Å². The van der Waals surface area contributed by atoms with E-state index in [-0.39, 0.29) is 29.7 Å². The van der Waals surface area contributed by atoms with E-state index in [1.165, 1.54) is 6.92 Å². The lowest BCUT2D eigenvalue weighted by Crippen LogP contribution is -2.49. The van der Waals surface area contributed by atoms with Gasteiger partial charge >= 0.3 is 5.97 Å². The summed E-state index contributed by atoms with van der Waals surface area (Å²) < 4.78 is 16.7. The minimum absolute atomic E-state index is 0.00385. The summed E-state index contributed by atoms with van der Waals surface area (Å²) in [6.07, 6.45) is 0.0334. The molecule has 1 fully saturated rings. The van der Waals surface area contributed by atoms with Crippen molar-refractivity contribution < 1.29 is 19.0 Å². The lowest BCUT2D eigenvalue weighted by Gasteiger charge is -2.38. The monoisotopic (exact) mass is 296 g/mol. The van der Waals surface area contributed by atoms with Gasteiger partial charge in [0.2, 0.25) is 0 Å². The van der Waals surface area contributed by atoms with Crippen molar-refractivity contribution >= 4 is 17.7 Å². The van der Waals surface area contributed by atoms with Gasteiger partial charge in [-0.3, -0.25) is 4.79 Å². The summed E-state index contributed by atoms with van der Waals surface area (Å²) in [5.74, 6) is -0.304. The Morgan fingerprint density at radius 2 is 2.05 bits per heavy atom. The van der Waals surface area contributed by atoms with Gasteiger partial charge in [0, 0.05) is 25.3 Å². The molecule has 1 aliphatic heterocycles. The van der Waals surface area contributed by atoms with E-state index in [2.05, 4.69) is 12.1 Å². The molecule has 0 spiro atoms. The van der Waals surface area contributed by atoms with Gasteiger partial charge in [-0.1, -0.05) is 30.0 Å². The quantitative estimate of drug-likeness (QED) is 0.799. The molecule has 2 rings (SSSR count). The molecule has 1 aromatic carbocycles. The van der Waals surface area contributed by atoms with E-state index in [1.807, 2.05) is 25.1 Å². The lowest BCUT2D eigenvalue weighted by molar-refractivity contribution is -0.185. The van der Waals surface area contributed by atoms with E-state index in [0.29, 0.717) is 6.42 Å². The highest BCUT2D eigenvalue weighted by Gasteiger charge is 2.39. The molecule has 5 heteroatoms. The van der Waals surface area contributed by atoms with Crippen molar-refractivity contribution in [2.45, 2.75) is 48.9 Å². The zero-order valence-electron chi connectivity index (χ0n) is 11.9. The first-order chi connectivity index (χ1) is 9.60. The molecular formula is C15H20O4S. The summed E-state index contributed by atoms with van der Waals surface area (Å²) in [5, 5.41) is 0. The summed E-state index contributed by atoms with van der Waals surface area (Å²) in [6, 6.07) is 10.1. The zero-order valence-corrected chi connectivity index (χ0v) is 12.8. The molecule has 0 unspecified atom stereocenters. The van der Waals surface area contributed by atoms with Crippen LogP contribution in [0.25, 0.3) is 0 Å². The van der Waals surface area contributed by atoms with E-state index in [4.69, 9.17) is 14.2 Å². The van der Waals surface area contributed by atoms with Crippen molar-refractivity contribution in [3.05, 3.63) is 30.3 Å². The van der Waals surface area contributed by atoms with Gasteiger partial charge in [0.1, 0.15) is 5.44 Å². The second kappa shape index (κ2) is 7.11. The zero-order chi connectivity index (χ0) is 14.5. The molecular weight excluding hydrogens is 276 g/mol. The normalized spacial score (nSPS) is 29.9. The van der Waals surface area contributed by atoms with E-state index < -0.39 is 0 Å². The molecule has 0 radical (unpaired) electrons. The number of esters is 1. The Hall–Kier alpha value is -1.04. The molecule has 1 saturated heterocycles. The van der Waals surface area contributed by atoms with Crippen LogP contribution in [0.5, 0.6) is 0 Å². The van der Waals surface area contributed by atoms with E-state index in [1.54, 1.807) is 18.9 Å². The van der Waals surface area contributed by atoms with E-state index >= 15 is 0 Å². The maximum absolute atomic E-state index is 11.2. The number of carbonyl (C=O) groups is 1. The summed E-state index contributed by atoms with van der Waals surface area (Å²) in [5.41, 5.74) is 0.00385. The van der Waals surface area contributed by atoms with Gasteiger partial charge in [-0.15, -0.1) is 0 Å². The smallest absolute Gasteiger partial charge is 0.303 e. The number of carbonyl (C=O) groups excluding carboxylic acids is 1. The third kappa shape index (κ3) is 3.98. The van der Waals surface area contributed by atoms with Crippen LogP contribution in [0, 0.1) is 0 Å². The molecule has 1 heterocycles. The van der Waals surface area contributed by atoms with E-state index in [0.717, 1.165) is 4.90 Å². The molecule has 1 aliphatic rings. The fourth-order valence-electron chi connectivity index (χ4n) is 2.32. The highest BCUT2D eigenvalue weighted by molar-refractivity contribution is 7.99. The first-order valence-corrected chi connectivity index (χ1v) is 7.55. The highest BCUT2D eigenvalue weighted by Crippen LogP contribution is 2.34. The predicted molar refractivity (Wildman–Crippen MR) is 77.6 cm³/mol. The molecule has 110 valence electrons. The summed E-state index contributed by atoms with van der Waals surface area (Å²) >= 11 is 1.67. The number of thioether (sulfide) groups is 1. The standard InChI is InChI=1S/C15H20O4S/c1-10-15(19-11(2)16)13(17-3)9-14(18-10)20-12-7-5-4-6-8-12/h4-8,10,13-15H,9H2,1-3H3/t10-,13-,14-,15+/m0/s1. The molecule has 0 amide bonds. The average molecular weight is 296 g/mol. The van der Waals surface area contributed by atoms with Crippen molar-refractivity contribution in [3.63, 3.8) is 0 Å². The van der Waals surface area contributed by atoms with Gasteiger partial charge in [-0.05, 0) is 19.1 Å². The first kappa shape index (κ1) is 15.4. The Morgan fingerprint density at radius 1 is 1.35 bits per heavy atom. The minimum Gasteiger partial charge on any atom is -0.457 e. The van der Waals surface area contributed by atoms with Crippen LogP contribution in [-0.2, 0) is 19.0 Å². The molecule has 0 N–H and O–H groups in total. The molecule has 4 nitrogen and oxygen atoms in total. The predicted octanol–water partition coefficient (Wildman–Crippen LogP) is 2.86. The number of benzene rings is 1. The molecule has 20 heavy (non-hydrogen) atoms. The second-order valence-corrected chi connectivity index (χ2v) is 6.02. The van der Waals surface area contributed by atoms with Crippen molar-refractivity contribution in [2.24, 2.45) is 0 Å². The number of rotatable bonds is 4. The summed E-state index contributed by atoms with van der Waals surface area (Å²) in [4.78, 5) is 12.3. The Balaban J connectivity index is 2.00. The van der Waals surface area contributed by atoms with Crippen molar-refractivity contribution in [1.29, 1.82) is 0 Å². The topological polar surface area (TPSA) is 44.8 Å². The fourth-order valence-corrected chi connectivity index (χ4v) is 3.45. The largest absolute Gasteiger partial charge is 0.457 e. The Morgan fingerprint density at radius 3 is 2.65 bits per heavy atom. The summed E-state index contributed by atoms with van der Waals surface area (Å²) in [6.45, 7) is 3.32. The van der Waals surface area contributed by atoms with Gasteiger partial charge < -0.3 is 14.2 Å². The van der Waals surface area contributed by atoms with Gasteiger partial charge in [0.15, 0.2) is 6.10 Å². The average Bonchev–Trinajstić information content (AvgIpc) is 2.42. The van der Waals surface area contributed by atoms with E-state index in [9.17, 15) is 4.79 Å². The number of hydrogen-bond acceptors (Lipinski definition) is 5. The number of ether oxygens (including phenoxy) is 3. The fraction of sp³-hybridized carbons (Fsp3) is 0.533. The van der Waals surface area contributed by atoms with Crippen LogP contribution < -0.4 is 0 Å².